The van der Waals surface area contributed by atoms with Crippen LogP contribution in [0.25, 0.3) is 11.1 Å². The lowest BCUT2D eigenvalue weighted by Crippen LogP contribution is -1.97. The van der Waals surface area contributed by atoms with E-state index in [4.69, 9.17) is 9.47 Å². The van der Waals surface area contributed by atoms with Gasteiger partial charge >= 0.3 is 0 Å². The Hall–Kier alpha value is -3.14. The van der Waals surface area contributed by atoms with E-state index in [9.17, 15) is 4.79 Å². The molecule has 3 rings (SSSR count). The van der Waals surface area contributed by atoms with Crippen LogP contribution in [-0.4, -0.2) is 17.9 Å². The molecule has 0 aliphatic heterocycles. The van der Waals surface area contributed by atoms with Gasteiger partial charge in [-0.2, -0.15) is 0 Å². The van der Waals surface area contributed by atoms with Gasteiger partial charge in [-0.3, -0.25) is 4.79 Å². The minimum absolute atomic E-state index is 0.478. The number of ether oxygens (including phenoxy) is 2. The average molecular weight is 333 g/mol. The van der Waals surface area contributed by atoms with Gasteiger partial charge in [0.15, 0.2) is 6.29 Å². The van der Waals surface area contributed by atoms with Crippen LogP contribution in [0, 0.1) is 0 Å². The molecule has 0 aliphatic carbocycles. The van der Waals surface area contributed by atoms with Crippen LogP contribution in [0.4, 0.5) is 0 Å². The average Bonchev–Trinajstić information content (AvgIpc) is 2.68. The summed E-state index contributed by atoms with van der Waals surface area (Å²) < 4.78 is 11.1. The maximum atomic E-state index is 11.2. The third-order valence-corrected chi connectivity index (χ3v) is 3.74. The molecular weight excluding hydrogens is 314 g/mol. The fourth-order valence-electron chi connectivity index (χ4n) is 2.48. The topological polar surface area (TPSA) is 48.4 Å². The third-order valence-electron chi connectivity index (χ3n) is 3.74. The lowest BCUT2D eigenvalue weighted by Gasteiger charge is -2.09. The maximum Gasteiger partial charge on any atom is 0.213 e. The van der Waals surface area contributed by atoms with Gasteiger partial charge in [-0.25, -0.2) is 4.98 Å². The van der Waals surface area contributed by atoms with E-state index in [2.05, 4.69) is 4.98 Å². The summed E-state index contributed by atoms with van der Waals surface area (Å²) in [7, 11) is 0. The molecule has 0 unspecified atom stereocenters. The summed E-state index contributed by atoms with van der Waals surface area (Å²) in [6.45, 7) is 2.89. The second-order valence-corrected chi connectivity index (χ2v) is 5.46. The van der Waals surface area contributed by atoms with Crippen LogP contribution in [0.5, 0.6) is 11.6 Å². The molecule has 0 fully saturated rings. The van der Waals surface area contributed by atoms with Crippen LogP contribution in [0.15, 0.2) is 66.9 Å². The molecule has 0 aliphatic rings. The number of carbonyl (C=O) groups excluding carboxylic acids is 1. The number of rotatable bonds is 7. The van der Waals surface area contributed by atoms with Crippen molar-refractivity contribution >= 4 is 6.29 Å². The van der Waals surface area contributed by atoms with Gasteiger partial charge in [0.05, 0.1) is 12.2 Å². The summed E-state index contributed by atoms with van der Waals surface area (Å²) in [6.07, 6.45) is 2.55. The number of hydrogen-bond acceptors (Lipinski definition) is 4. The molecule has 25 heavy (non-hydrogen) atoms. The molecule has 0 spiro atoms. The molecule has 3 aromatic rings. The first-order chi connectivity index (χ1) is 12.3. The van der Waals surface area contributed by atoms with Crippen molar-refractivity contribution in [2.45, 2.75) is 13.5 Å². The van der Waals surface area contributed by atoms with Crippen molar-refractivity contribution in [3.63, 3.8) is 0 Å². The van der Waals surface area contributed by atoms with Crippen LogP contribution >= 0.6 is 0 Å². The van der Waals surface area contributed by atoms with Gasteiger partial charge in [-0.05, 0) is 36.2 Å². The van der Waals surface area contributed by atoms with Crippen LogP contribution in [-0.2, 0) is 6.61 Å². The van der Waals surface area contributed by atoms with Gasteiger partial charge in [-0.15, -0.1) is 0 Å². The first-order valence-corrected chi connectivity index (χ1v) is 8.15. The fraction of sp³-hybridized carbons (Fsp3) is 0.143. The number of carbonyl (C=O) groups is 1. The first-order valence-electron chi connectivity index (χ1n) is 8.15. The Balaban J connectivity index is 1.72. The summed E-state index contributed by atoms with van der Waals surface area (Å²) in [5.74, 6) is 1.16. The van der Waals surface area contributed by atoms with Crippen molar-refractivity contribution in [2.75, 3.05) is 6.61 Å². The van der Waals surface area contributed by atoms with E-state index in [-0.39, 0.29) is 0 Å². The van der Waals surface area contributed by atoms with Crippen molar-refractivity contribution in [3.05, 3.63) is 78.0 Å². The van der Waals surface area contributed by atoms with Gasteiger partial charge in [0, 0.05) is 17.8 Å². The van der Waals surface area contributed by atoms with Crippen LogP contribution in [0.2, 0.25) is 0 Å². The molecule has 1 heterocycles. The molecular formula is C21H19NO3. The summed E-state index contributed by atoms with van der Waals surface area (Å²) in [4.78, 5) is 15.6. The highest BCUT2D eigenvalue weighted by Gasteiger charge is 2.07. The van der Waals surface area contributed by atoms with Gasteiger partial charge < -0.3 is 9.47 Å². The van der Waals surface area contributed by atoms with Crippen LogP contribution < -0.4 is 9.47 Å². The number of benzene rings is 2. The second kappa shape index (κ2) is 8.11. The molecule has 0 amide bonds. The molecule has 126 valence electrons. The highest BCUT2D eigenvalue weighted by Crippen LogP contribution is 2.26. The molecule has 0 saturated carbocycles. The molecule has 0 radical (unpaired) electrons. The SMILES string of the molecule is CCOc1ccc(-c2ccc(OCc3ccccc3)nc2)cc1C=O. The quantitative estimate of drug-likeness (QED) is 0.596. The number of pyridine rings is 1. The van der Waals surface area contributed by atoms with E-state index in [1.807, 2.05) is 61.5 Å². The molecule has 0 atom stereocenters. The molecule has 0 saturated heterocycles. The van der Waals surface area contributed by atoms with Gasteiger partial charge in [0.25, 0.3) is 0 Å². The Morgan fingerprint density at radius 2 is 1.76 bits per heavy atom. The summed E-state index contributed by atoms with van der Waals surface area (Å²) in [5.41, 5.74) is 3.45. The van der Waals surface area contributed by atoms with Crippen molar-refractivity contribution < 1.29 is 14.3 Å². The van der Waals surface area contributed by atoms with E-state index in [1.54, 1.807) is 12.3 Å². The molecule has 1 aromatic heterocycles. The minimum atomic E-state index is 0.478. The standard InChI is InChI=1S/C21H19NO3/c1-2-24-20-10-8-17(12-19(20)14-23)18-9-11-21(22-13-18)25-15-16-6-4-3-5-7-16/h3-14H,2,15H2,1H3. The molecule has 0 bridgehead atoms. The highest BCUT2D eigenvalue weighted by molar-refractivity contribution is 5.82. The predicted molar refractivity (Wildman–Crippen MR) is 97.0 cm³/mol. The Morgan fingerprint density at radius 3 is 2.44 bits per heavy atom. The van der Waals surface area contributed by atoms with Crippen molar-refractivity contribution in [2.24, 2.45) is 0 Å². The minimum Gasteiger partial charge on any atom is -0.493 e. The Bertz CT molecular complexity index is 830. The number of nitrogens with zero attached hydrogens (tertiary/aromatic N) is 1. The molecule has 0 N–H and O–H groups in total. The zero-order valence-electron chi connectivity index (χ0n) is 14.0. The lowest BCUT2D eigenvalue weighted by molar-refractivity contribution is 0.112. The molecule has 4 heteroatoms. The lowest BCUT2D eigenvalue weighted by atomic mass is 10.0. The van der Waals surface area contributed by atoms with E-state index < -0.39 is 0 Å². The third kappa shape index (κ3) is 4.23. The smallest absolute Gasteiger partial charge is 0.213 e. The second-order valence-electron chi connectivity index (χ2n) is 5.46. The zero-order valence-corrected chi connectivity index (χ0v) is 14.0. The zero-order chi connectivity index (χ0) is 17.5. The highest BCUT2D eigenvalue weighted by atomic mass is 16.5. The van der Waals surface area contributed by atoms with Gasteiger partial charge in [-0.1, -0.05) is 36.4 Å². The van der Waals surface area contributed by atoms with Crippen molar-refractivity contribution in [3.8, 4) is 22.8 Å². The van der Waals surface area contributed by atoms with Crippen LogP contribution in [0.3, 0.4) is 0 Å². The summed E-state index contributed by atoms with van der Waals surface area (Å²) in [6, 6.07) is 19.2. The normalized spacial score (nSPS) is 10.3. The van der Waals surface area contributed by atoms with E-state index >= 15 is 0 Å². The van der Waals surface area contributed by atoms with Crippen molar-refractivity contribution in [1.29, 1.82) is 0 Å². The first kappa shape index (κ1) is 16.7. The Kier molecular flexibility index (Phi) is 5.42. The molecule has 2 aromatic carbocycles. The van der Waals surface area contributed by atoms with Crippen molar-refractivity contribution in [1.82, 2.24) is 4.98 Å². The Labute approximate surface area is 147 Å². The monoisotopic (exact) mass is 333 g/mol. The van der Waals surface area contributed by atoms with E-state index in [0.29, 0.717) is 30.4 Å². The van der Waals surface area contributed by atoms with Crippen LogP contribution in [0.1, 0.15) is 22.8 Å². The predicted octanol–water partition coefficient (Wildman–Crippen LogP) is 4.54. The molecule has 4 nitrogen and oxygen atoms in total. The number of hydrogen-bond donors (Lipinski definition) is 0. The van der Waals surface area contributed by atoms with Gasteiger partial charge in [0.2, 0.25) is 5.88 Å². The van der Waals surface area contributed by atoms with Gasteiger partial charge in [0.1, 0.15) is 12.4 Å². The van der Waals surface area contributed by atoms with E-state index in [0.717, 1.165) is 23.0 Å². The number of aldehydes is 1. The Morgan fingerprint density at radius 1 is 0.960 bits per heavy atom. The maximum absolute atomic E-state index is 11.2. The fourth-order valence-corrected chi connectivity index (χ4v) is 2.48. The summed E-state index contributed by atoms with van der Waals surface area (Å²) >= 11 is 0. The summed E-state index contributed by atoms with van der Waals surface area (Å²) in [5, 5.41) is 0. The largest absolute Gasteiger partial charge is 0.493 e. The number of aromatic nitrogens is 1. The van der Waals surface area contributed by atoms with E-state index in [1.165, 1.54) is 0 Å².